The van der Waals surface area contributed by atoms with Crippen molar-refractivity contribution in [1.82, 2.24) is 10.2 Å². The highest BCUT2D eigenvalue weighted by atomic mass is 35.5. The van der Waals surface area contributed by atoms with Crippen LogP contribution in [0.2, 0.25) is 5.02 Å². The number of likely N-dealkylation sites (tertiary alicyclic amines) is 1. The average molecular weight is 368 g/mol. The van der Waals surface area contributed by atoms with Crippen molar-refractivity contribution in [3.8, 4) is 0 Å². The maximum atomic E-state index is 12.4. The molecule has 2 rings (SSSR count). The molecule has 1 saturated heterocycles. The number of nitrogens with one attached hydrogen (secondary N) is 2. The monoisotopic (exact) mass is 367 g/mol. The van der Waals surface area contributed by atoms with Crippen molar-refractivity contribution in [2.24, 2.45) is 5.92 Å². The Hall–Kier alpha value is -1.79. The summed E-state index contributed by atoms with van der Waals surface area (Å²) in [5, 5.41) is 6.36. The summed E-state index contributed by atoms with van der Waals surface area (Å²) < 4.78 is 4.91. The number of carbonyl (C=O) groups excluding carboxylic acids is 2. The average Bonchev–Trinajstić information content (AvgIpc) is 2.62. The summed E-state index contributed by atoms with van der Waals surface area (Å²) in [6.07, 6.45) is 3.30. The standard InChI is InChI=1S/C18H26ClN3O3/c1-25-12-10-20-17(23)9-4-14-3-2-11-22(13-14)18(24)21-16-7-5-15(19)6-8-16/h5-8,14H,2-4,9-13H2,1H3,(H,20,23)(H,21,24)/t14-/m0/s1. The van der Waals surface area contributed by atoms with Crippen LogP contribution in [0.15, 0.2) is 24.3 Å². The van der Waals surface area contributed by atoms with Gasteiger partial charge in [-0.25, -0.2) is 4.79 Å². The number of hydrogen-bond donors (Lipinski definition) is 2. The van der Waals surface area contributed by atoms with E-state index in [0.717, 1.165) is 31.5 Å². The Kier molecular flexibility index (Phi) is 8.01. The van der Waals surface area contributed by atoms with Crippen molar-refractivity contribution in [2.45, 2.75) is 25.7 Å². The number of nitrogens with zero attached hydrogens (tertiary/aromatic N) is 1. The number of halogens is 1. The second kappa shape index (κ2) is 10.3. The number of carbonyl (C=O) groups is 2. The van der Waals surface area contributed by atoms with Crippen LogP contribution >= 0.6 is 11.6 Å². The highest BCUT2D eigenvalue weighted by molar-refractivity contribution is 6.30. The minimum absolute atomic E-state index is 0.0415. The van der Waals surface area contributed by atoms with Crippen LogP contribution in [-0.4, -0.2) is 50.2 Å². The molecule has 1 aromatic carbocycles. The summed E-state index contributed by atoms with van der Waals surface area (Å²) in [5.41, 5.74) is 0.731. The molecule has 6 nitrogen and oxygen atoms in total. The van der Waals surface area contributed by atoms with Gasteiger partial charge in [0.1, 0.15) is 0 Å². The van der Waals surface area contributed by atoms with Gasteiger partial charge in [-0.1, -0.05) is 11.6 Å². The van der Waals surface area contributed by atoms with Crippen LogP contribution in [0, 0.1) is 5.92 Å². The fraction of sp³-hybridized carbons (Fsp3) is 0.556. The Bertz CT molecular complexity index is 565. The number of rotatable bonds is 7. The van der Waals surface area contributed by atoms with E-state index in [1.54, 1.807) is 31.4 Å². The summed E-state index contributed by atoms with van der Waals surface area (Å²) >= 11 is 5.85. The largest absolute Gasteiger partial charge is 0.383 e. The number of methoxy groups -OCH3 is 1. The molecular formula is C18H26ClN3O3. The first-order valence-electron chi connectivity index (χ1n) is 8.65. The van der Waals surface area contributed by atoms with Crippen LogP contribution in [0.25, 0.3) is 0 Å². The molecule has 1 fully saturated rings. The predicted molar refractivity (Wildman–Crippen MR) is 98.9 cm³/mol. The Labute approximate surface area is 153 Å². The quantitative estimate of drug-likeness (QED) is 0.727. The van der Waals surface area contributed by atoms with Crippen LogP contribution in [0.4, 0.5) is 10.5 Å². The summed E-state index contributed by atoms with van der Waals surface area (Å²) in [7, 11) is 1.61. The first-order chi connectivity index (χ1) is 12.1. The number of ether oxygens (including phenoxy) is 1. The van der Waals surface area contributed by atoms with Crippen molar-refractivity contribution >= 4 is 29.2 Å². The van der Waals surface area contributed by atoms with E-state index in [1.807, 2.05) is 4.90 Å². The van der Waals surface area contributed by atoms with Crippen molar-refractivity contribution < 1.29 is 14.3 Å². The predicted octanol–water partition coefficient (Wildman–Crippen LogP) is 3.13. The van der Waals surface area contributed by atoms with Gasteiger partial charge < -0.3 is 20.3 Å². The Morgan fingerprint density at radius 3 is 2.80 bits per heavy atom. The Morgan fingerprint density at radius 1 is 1.32 bits per heavy atom. The van der Waals surface area contributed by atoms with Crippen LogP contribution in [0.3, 0.4) is 0 Å². The molecule has 7 heteroatoms. The van der Waals surface area contributed by atoms with Gasteiger partial charge in [0.2, 0.25) is 5.91 Å². The fourth-order valence-corrected chi connectivity index (χ4v) is 3.06. The van der Waals surface area contributed by atoms with Crippen molar-refractivity contribution in [3.63, 3.8) is 0 Å². The second-order valence-corrected chi connectivity index (χ2v) is 6.71. The number of amides is 3. The number of piperidine rings is 1. The summed E-state index contributed by atoms with van der Waals surface area (Å²) in [4.78, 5) is 26.0. The van der Waals surface area contributed by atoms with Crippen molar-refractivity contribution in [2.75, 3.05) is 38.7 Å². The van der Waals surface area contributed by atoms with Gasteiger partial charge in [-0.15, -0.1) is 0 Å². The molecule has 1 atom stereocenters. The van der Waals surface area contributed by atoms with Gasteiger partial charge in [-0.2, -0.15) is 0 Å². The second-order valence-electron chi connectivity index (χ2n) is 6.27. The van der Waals surface area contributed by atoms with Gasteiger partial charge >= 0.3 is 6.03 Å². The van der Waals surface area contributed by atoms with Crippen LogP contribution < -0.4 is 10.6 Å². The molecule has 2 N–H and O–H groups in total. The highest BCUT2D eigenvalue weighted by Crippen LogP contribution is 2.22. The summed E-state index contributed by atoms with van der Waals surface area (Å²) in [6, 6.07) is 6.96. The minimum Gasteiger partial charge on any atom is -0.383 e. The lowest BCUT2D eigenvalue weighted by molar-refractivity contribution is -0.121. The van der Waals surface area contributed by atoms with Crippen molar-refractivity contribution in [3.05, 3.63) is 29.3 Å². The van der Waals surface area contributed by atoms with E-state index in [9.17, 15) is 9.59 Å². The molecule has 0 radical (unpaired) electrons. The first kappa shape index (κ1) is 19.5. The third-order valence-electron chi connectivity index (χ3n) is 4.31. The molecule has 0 aromatic heterocycles. The SMILES string of the molecule is COCCNC(=O)CC[C@@H]1CCCN(C(=O)Nc2ccc(Cl)cc2)C1. The topological polar surface area (TPSA) is 70.7 Å². The molecule has 3 amide bonds. The molecule has 138 valence electrons. The third kappa shape index (κ3) is 6.92. The molecule has 1 aromatic rings. The molecule has 0 bridgehead atoms. The molecule has 1 heterocycles. The number of benzene rings is 1. The Morgan fingerprint density at radius 2 is 2.08 bits per heavy atom. The van der Waals surface area contributed by atoms with E-state index >= 15 is 0 Å². The van der Waals surface area contributed by atoms with Gasteiger partial charge in [-0.3, -0.25) is 4.79 Å². The van der Waals surface area contributed by atoms with Gasteiger partial charge in [0.25, 0.3) is 0 Å². The maximum Gasteiger partial charge on any atom is 0.321 e. The van der Waals surface area contributed by atoms with Crippen molar-refractivity contribution in [1.29, 1.82) is 0 Å². The maximum absolute atomic E-state index is 12.4. The van der Waals surface area contributed by atoms with E-state index in [2.05, 4.69) is 10.6 Å². The molecular weight excluding hydrogens is 342 g/mol. The summed E-state index contributed by atoms with van der Waals surface area (Å²) in [5.74, 6) is 0.401. The number of hydrogen-bond acceptors (Lipinski definition) is 3. The third-order valence-corrected chi connectivity index (χ3v) is 4.56. The zero-order chi connectivity index (χ0) is 18.1. The minimum atomic E-state index is -0.100. The van der Waals surface area contributed by atoms with Crippen LogP contribution in [0.5, 0.6) is 0 Å². The smallest absolute Gasteiger partial charge is 0.321 e. The first-order valence-corrected chi connectivity index (χ1v) is 9.03. The summed E-state index contributed by atoms with van der Waals surface area (Å²) in [6.45, 7) is 2.49. The highest BCUT2D eigenvalue weighted by Gasteiger charge is 2.24. The molecule has 0 aliphatic carbocycles. The van der Waals surface area contributed by atoms with E-state index in [4.69, 9.17) is 16.3 Å². The Balaban J connectivity index is 1.74. The number of anilines is 1. The van der Waals surface area contributed by atoms with Crippen LogP contribution in [-0.2, 0) is 9.53 Å². The van der Waals surface area contributed by atoms with Gasteiger partial charge in [0.05, 0.1) is 6.61 Å². The van der Waals surface area contributed by atoms with E-state index in [1.165, 1.54) is 0 Å². The van der Waals surface area contributed by atoms with Gasteiger partial charge in [0.15, 0.2) is 0 Å². The normalized spacial score (nSPS) is 17.2. The van der Waals surface area contributed by atoms with Gasteiger partial charge in [0, 0.05) is 43.9 Å². The number of urea groups is 1. The van der Waals surface area contributed by atoms with Gasteiger partial charge in [-0.05, 0) is 49.4 Å². The molecule has 1 aliphatic rings. The lowest BCUT2D eigenvalue weighted by Crippen LogP contribution is -2.42. The zero-order valence-corrected chi connectivity index (χ0v) is 15.3. The fourth-order valence-electron chi connectivity index (χ4n) is 2.94. The molecule has 1 aliphatic heterocycles. The van der Waals surface area contributed by atoms with E-state index in [0.29, 0.717) is 37.1 Å². The van der Waals surface area contributed by atoms with Crippen LogP contribution in [0.1, 0.15) is 25.7 Å². The van der Waals surface area contributed by atoms with E-state index < -0.39 is 0 Å². The molecule has 0 unspecified atom stereocenters. The lowest BCUT2D eigenvalue weighted by atomic mass is 9.93. The molecule has 0 saturated carbocycles. The lowest BCUT2D eigenvalue weighted by Gasteiger charge is -2.32. The zero-order valence-electron chi connectivity index (χ0n) is 14.6. The van der Waals surface area contributed by atoms with E-state index in [-0.39, 0.29) is 11.9 Å². The molecule has 25 heavy (non-hydrogen) atoms. The molecule has 0 spiro atoms.